The third-order valence-corrected chi connectivity index (χ3v) is 2.40. The van der Waals surface area contributed by atoms with Gasteiger partial charge in [-0.3, -0.25) is 0 Å². The first kappa shape index (κ1) is 13.3. The summed E-state index contributed by atoms with van der Waals surface area (Å²) >= 11 is 0. The standard InChI is InChI=1S/C12H18N2O3/c1-3-9(8-15)13-12(16)14-10-6-4-5-7-11(10)17-2/h4-7,9,15H,3,8H2,1-2H3,(H2,13,14,16)/t9-/m0/s1. The number of benzene rings is 1. The van der Waals surface area contributed by atoms with Crippen LogP contribution in [0.5, 0.6) is 5.75 Å². The minimum Gasteiger partial charge on any atom is -0.495 e. The molecule has 1 aromatic rings. The number of aliphatic hydroxyl groups excluding tert-OH is 1. The van der Waals surface area contributed by atoms with E-state index in [1.165, 1.54) is 0 Å². The Hall–Kier alpha value is -1.75. The topological polar surface area (TPSA) is 70.6 Å². The van der Waals surface area contributed by atoms with Crippen molar-refractivity contribution in [1.82, 2.24) is 5.32 Å². The summed E-state index contributed by atoms with van der Waals surface area (Å²) in [6.07, 6.45) is 0.676. The zero-order valence-corrected chi connectivity index (χ0v) is 10.1. The minimum atomic E-state index is -0.351. The van der Waals surface area contributed by atoms with Gasteiger partial charge in [-0.25, -0.2) is 4.79 Å². The molecule has 0 bridgehead atoms. The molecule has 3 N–H and O–H groups in total. The summed E-state index contributed by atoms with van der Waals surface area (Å²) in [7, 11) is 1.54. The summed E-state index contributed by atoms with van der Waals surface area (Å²) < 4.78 is 5.11. The smallest absolute Gasteiger partial charge is 0.319 e. The fourth-order valence-electron chi connectivity index (χ4n) is 1.37. The lowest BCUT2D eigenvalue weighted by molar-refractivity contribution is 0.222. The van der Waals surface area contributed by atoms with Gasteiger partial charge in [-0.1, -0.05) is 19.1 Å². The highest BCUT2D eigenvalue weighted by atomic mass is 16.5. The van der Waals surface area contributed by atoms with Gasteiger partial charge in [0.25, 0.3) is 0 Å². The Bertz CT molecular complexity index is 365. The molecular formula is C12H18N2O3. The van der Waals surface area contributed by atoms with Crippen molar-refractivity contribution in [1.29, 1.82) is 0 Å². The molecule has 0 aliphatic heterocycles. The highest BCUT2D eigenvalue weighted by Gasteiger charge is 2.10. The van der Waals surface area contributed by atoms with E-state index in [2.05, 4.69) is 10.6 Å². The van der Waals surface area contributed by atoms with E-state index >= 15 is 0 Å². The summed E-state index contributed by atoms with van der Waals surface area (Å²) in [4.78, 5) is 11.6. The molecule has 0 fully saturated rings. The van der Waals surface area contributed by atoms with Crippen LogP contribution in [-0.2, 0) is 0 Å². The Kier molecular flexibility index (Phi) is 5.29. The van der Waals surface area contributed by atoms with Gasteiger partial charge in [-0.15, -0.1) is 0 Å². The van der Waals surface area contributed by atoms with E-state index in [4.69, 9.17) is 9.84 Å². The van der Waals surface area contributed by atoms with E-state index in [9.17, 15) is 4.79 Å². The molecule has 0 aliphatic carbocycles. The van der Waals surface area contributed by atoms with Crippen molar-refractivity contribution < 1.29 is 14.6 Å². The summed E-state index contributed by atoms with van der Waals surface area (Å²) in [5.41, 5.74) is 0.597. The maximum atomic E-state index is 11.6. The first-order chi connectivity index (χ1) is 8.21. The second kappa shape index (κ2) is 6.75. The molecule has 0 radical (unpaired) electrons. The van der Waals surface area contributed by atoms with Gasteiger partial charge >= 0.3 is 6.03 Å². The number of hydrogen-bond donors (Lipinski definition) is 3. The second-order valence-corrected chi connectivity index (χ2v) is 3.59. The number of hydrogen-bond acceptors (Lipinski definition) is 3. The number of urea groups is 1. The largest absolute Gasteiger partial charge is 0.495 e. The normalized spacial score (nSPS) is 11.7. The molecule has 0 aromatic heterocycles. The van der Waals surface area contributed by atoms with Gasteiger partial charge in [-0.05, 0) is 18.6 Å². The van der Waals surface area contributed by atoms with Crippen LogP contribution in [0, 0.1) is 0 Å². The number of ether oxygens (including phenoxy) is 1. The predicted molar refractivity (Wildman–Crippen MR) is 66.3 cm³/mol. The molecule has 1 rings (SSSR count). The van der Waals surface area contributed by atoms with Crippen LogP contribution in [0.1, 0.15) is 13.3 Å². The van der Waals surface area contributed by atoms with Crippen molar-refractivity contribution >= 4 is 11.7 Å². The maximum absolute atomic E-state index is 11.6. The van der Waals surface area contributed by atoms with E-state index < -0.39 is 0 Å². The maximum Gasteiger partial charge on any atom is 0.319 e. The molecule has 2 amide bonds. The molecule has 5 nitrogen and oxygen atoms in total. The lowest BCUT2D eigenvalue weighted by atomic mass is 10.2. The first-order valence-corrected chi connectivity index (χ1v) is 5.52. The zero-order valence-electron chi connectivity index (χ0n) is 10.1. The quantitative estimate of drug-likeness (QED) is 0.729. The molecule has 1 aromatic carbocycles. The van der Waals surface area contributed by atoms with Crippen molar-refractivity contribution in [3.63, 3.8) is 0 Å². The molecule has 0 spiro atoms. The summed E-state index contributed by atoms with van der Waals surface area (Å²) in [6.45, 7) is 1.82. The Morgan fingerprint density at radius 1 is 1.47 bits per heavy atom. The number of methoxy groups -OCH3 is 1. The SMILES string of the molecule is CC[C@@H](CO)NC(=O)Nc1ccccc1OC. The Labute approximate surface area is 101 Å². The molecule has 0 saturated heterocycles. The van der Waals surface area contributed by atoms with Gasteiger partial charge in [-0.2, -0.15) is 0 Å². The van der Waals surface area contributed by atoms with E-state index in [1.807, 2.05) is 19.1 Å². The van der Waals surface area contributed by atoms with Crippen LogP contribution in [-0.4, -0.2) is 30.9 Å². The highest BCUT2D eigenvalue weighted by Crippen LogP contribution is 2.22. The van der Waals surface area contributed by atoms with Crippen LogP contribution in [0.4, 0.5) is 10.5 Å². The highest BCUT2D eigenvalue weighted by molar-refractivity contribution is 5.91. The molecule has 5 heteroatoms. The van der Waals surface area contributed by atoms with Crippen LogP contribution >= 0.6 is 0 Å². The number of aliphatic hydroxyl groups is 1. The molecular weight excluding hydrogens is 220 g/mol. The van der Waals surface area contributed by atoms with E-state index in [0.29, 0.717) is 17.9 Å². The monoisotopic (exact) mass is 238 g/mol. The molecule has 1 atom stereocenters. The predicted octanol–water partition coefficient (Wildman–Crippen LogP) is 1.59. The number of carbonyl (C=O) groups excluding carboxylic acids is 1. The molecule has 0 heterocycles. The Morgan fingerprint density at radius 3 is 2.76 bits per heavy atom. The number of carbonyl (C=O) groups is 1. The molecule has 94 valence electrons. The zero-order chi connectivity index (χ0) is 12.7. The van der Waals surface area contributed by atoms with Crippen molar-refractivity contribution in [2.45, 2.75) is 19.4 Å². The van der Waals surface area contributed by atoms with Gasteiger partial charge in [0.15, 0.2) is 0 Å². The van der Waals surface area contributed by atoms with Crippen molar-refractivity contribution in [3.8, 4) is 5.75 Å². The third-order valence-electron chi connectivity index (χ3n) is 2.40. The molecule has 0 aliphatic rings. The average Bonchev–Trinajstić information content (AvgIpc) is 2.36. The van der Waals surface area contributed by atoms with Crippen molar-refractivity contribution in [3.05, 3.63) is 24.3 Å². The lowest BCUT2D eigenvalue weighted by Crippen LogP contribution is -2.39. The van der Waals surface area contributed by atoms with Crippen LogP contribution in [0.3, 0.4) is 0 Å². The molecule has 17 heavy (non-hydrogen) atoms. The van der Waals surface area contributed by atoms with Crippen molar-refractivity contribution in [2.24, 2.45) is 0 Å². The third kappa shape index (κ3) is 3.96. The number of anilines is 1. The van der Waals surface area contributed by atoms with E-state index in [-0.39, 0.29) is 18.7 Å². The van der Waals surface area contributed by atoms with Gasteiger partial charge < -0.3 is 20.5 Å². The number of para-hydroxylation sites is 2. The van der Waals surface area contributed by atoms with E-state index in [1.54, 1.807) is 19.2 Å². The molecule has 0 saturated carbocycles. The van der Waals surface area contributed by atoms with Crippen LogP contribution in [0.2, 0.25) is 0 Å². The summed E-state index contributed by atoms with van der Waals surface area (Å²) in [5, 5.41) is 14.3. The summed E-state index contributed by atoms with van der Waals surface area (Å²) in [5.74, 6) is 0.597. The lowest BCUT2D eigenvalue weighted by Gasteiger charge is -2.15. The fraction of sp³-hybridized carbons (Fsp3) is 0.417. The molecule has 0 unspecified atom stereocenters. The Morgan fingerprint density at radius 2 is 2.18 bits per heavy atom. The van der Waals surface area contributed by atoms with Gasteiger partial charge in [0.05, 0.1) is 25.4 Å². The second-order valence-electron chi connectivity index (χ2n) is 3.59. The number of nitrogens with one attached hydrogen (secondary N) is 2. The van der Waals surface area contributed by atoms with E-state index in [0.717, 1.165) is 0 Å². The Balaban J connectivity index is 2.61. The van der Waals surface area contributed by atoms with Crippen LogP contribution in [0.25, 0.3) is 0 Å². The van der Waals surface area contributed by atoms with Gasteiger partial charge in [0, 0.05) is 0 Å². The average molecular weight is 238 g/mol. The van der Waals surface area contributed by atoms with Crippen LogP contribution < -0.4 is 15.4 Å². The summed E-state index contributed by atoms with van der Waals surface area (Å²) in [6, 6.07) is 6.56. The fourth-order valence-corrected chi connectivity index (χ4v) is 1.37. The minimum absolute atomic E-state index is 0.0736. The number of rotatable bonds is 5. The van der Waals surface area contributed by atoms with Crippen LogP contribution in [0.15, 0.2) is 24.3 Å². The number of amides is 2. The van der Waals surface area contributed by atoms with Gasteiger partial charge in [0.1, 0.15) is 5.75 Å². The van der Waals surface area contributed by atoms with Crippen molar-refractivity contribution in [2.75, 3.05) is 19.0 Å². The van der Waals surface area contributed by atoms with Gasteiger partial charge in [0.2, 0.25) is 0 Å². The first-order valence-electron chi connectivity index (χ1n) is 5.52.